The summed E-state index contributed by atoms with van der Waals surface area (Å²) in [6, 6.07) is 0. The molecule has 18 heavy (non-hydrogen) atoms. The lowest BCUT2D eigenvalue weighted by atomic mass is 10.1. The van der Waals surface area contributed by atoms with Crippen LogP contribution in [0.3, 0.4) is 0 Å². The molecule has 0 heteroatoms. The topological polar surface area (TPSA) is 0 Å². The minimum atomic E-state index is 1.19. The second kappa shape index (κ2) is 16.5. The van der Waals surface area contributed by atoms with Gasteiger partial charge in [0.1, 0.15) is 0 Å². The molecule has 0 rings (SSSR count). The third-order valence-electron chi connectivity index (χ3n) is 3.38. The van der Waals surface area contributed by atoms with Crippen LogP contribution in [0.25, 0.3) is 0 Å². The van der Waals surface area contributed by atoms with Crippen molar-refractivity contribution in [2.75, 3.05) is 0 Å². The van der Waals surface area contributed by atoms with Gasteiger partial charge in [-0.3, -0.25) is 0 Å². The van der Waals surface area contributed by atoms with E-state index in [2.05, 4.69) is 38.2 Å². The predicted octanol–water partition coefficient (Wildman–Crippen LogP) is 6.82. The molecule has 0 radical (unpaired) electrons. The highest BCUT2D eigenvalue weighted by Crippen LogP contribution is 2.11. The molecule has 0 heterocycles. The first-order valence-electron chi connectivity index (χ1n) is 8.18. The Morgan fingerprint density at radius 2 is 1.00 bits per heavy atom. The van der Waals surface area contributed by atoms with E-state index in [9.17, 15) is 0 Å². The van der Waals surface area contributed by atoms with E-state index >= 15 is 0 Å². The molecule has 0 aliphatic heterocycles. The van der Waals surface area contributed by atoms with Gasteiger partial charge in [0.25, 0.3) is 0 Å². The molecule has 0 aromatic rings. The zero-order valence-electron chi connectivity index (χ0n) is 12.8. The van der Waals surface area contributed by atoms with Crippen LogP contribution in [0.2, 0.25) is 0 Å². The molecular weight excluding hydrogens is 216 g/mol. The fourth-order valence-corrected chi connectivity index (χ4v) is 2.21. The summed E-state index contributed by atoms with van der Waals surface area (Å²) in [5.41, 5.74) is 0. The molecule has 0 nitrogen and oxygen atoms in total. The van der Waals surface area contributed by atoms with Crippen molar-refractivity contribution in [3.63, 3.8) is 0 Å². The Bertz CT molecular complexity index is 188. The molecule has 0 fully saturated rings. The number of hydrogen-bond donors (Lipinski definition) is 0. The Hall–Kier alpha value is -0.520. The Morgan fingerprint density at radius 3 is 1.44 bits per heavy atom. The van der Waals surface area contributed by atoms with Gasteiger partial charge in [-0.2, -0.15) is 0 Å². The summed E-state index contributed by atoms with van der Waals surface area (Å²) < 4.78 is 0. The first-order valence-corrected chi connectivity index (χ1v) is 8.18. The Labute approximate surface area is 116 Å². The van der Waals surface area contributed by atoms with Crippen molar-refractivity contribution in [3.8, 4) is 0 Å². The highest BCUT2D eigenvalue weighted by atomic mass is 14.0. The summed E-state index contributed by atoms with van der Waals surface area (Å²) in [5, 5.41) is 0. The highest BCUT2D eigenvalue weighted by Gasteiger charge is 1.91. The van der Waals surface area contributed by atoms with Gasteiger partial charge in [-0.1, -0.05) is 76.2 Å². The van der Waals surface area contributed by atoms with Crippen molar-refractivity contribution in [2.24, 2.45) is 0 Å². The van der Waals surface area contributed by atoms with Gasteiger partial charge in [-0.25, -0.2) is 0 Å². The molecule has 0 bridgehead atoms. The molecule has 0 aromatic carbocycles. The third-order valence-corrected chi connectivity index (χ3v) is 3.38. The van der Waals surface area contributed by atoms with Gasteiger partial charge in [0.15, 0.2) is 0 Å². The molecule has 0 atom stereocenters. The number of unbranched alkanes of at least 4 members (excludes halogenated alkanes) is 10. The Morgan fingerprint density at radius 1 is 0.556 bits per heavy atom. The second-order valence-corrected chi connectivity index (χ2v) is 5.21. The maximum atomic E-state index is 2.34. The van der Waals surface area contributed by atoms with Crippen LogP contribution in [0.1, 0.15) is 90.9 Å². The van der Waals surface area contributed by atoms with Crippen LogP contribution in [-0.2, 0) is 0 Å². The number of rotatable bonds is 13. The molecule has 0 saturated carbocycles. The molecular formula is C18H34. The van der Waals surface area contributed by atoms with Gasteiger partial charge in [-0.15, -0.1) is 0 Å². The quantitative estimate of drug-likeness (QED) is 0.248. The third kappa shape index (κ3) is 15.5. The summed E-state index contributed by atoms with van der Waals surface area (Å²) in [6.07, 6.45) is 25.7. The van der Waals surface area contributed by atoms with E-state index in [1.807, 2.05) is 0 Å². The standard InChI is InChI=1S/C18H34/c1-3-5-7-9-11-13-15-17-18-16-14-12-10-8-6-4-2/h3,5-6,8H,4,7,9-18H2,1-2H3. The average molecular weight is 250 g/mol. The molecule has 0 spiro atoms. The molecule has 106 valence electrons. The largest absolute Gasteiger partial charge is 0.0917 e. The van der Waals surface area contributed by atoms with Gasteiger partial charge in [0.05, 0.1) is 0 Å². The molecule has 0 aliphatic rings. The van der Waals surface area contributed by atoms with Gasteiger partial charge in [0.2, 0.25) is 0 Å². The van der Waals surface area contributed by atoms with Crippen molar-refractivity contribution in [3.05, 3.63) is 24.3 Å². The van der Waals surface area contributed by atoms with Crippen LogP contribution in [0.4, 0.5) is 0 Å². The SMILES string of the molecule is CC=CCCCCCCCCCCCC=CCC. The monoisotopic (exact) mass is 250 g/mol. The maximum absolute atomic E-state index is 2.34. The minimum absolute atomic E-state index is 1.19. The van der Waals surface area contributed by atoms with Crippen LogP contribution >= 0.6 is 0 Å². The summed E-state index contributed by atoms with van der Waals surface area (Å²) in [7, 11) is 0. The zero-order valence-corrected chi connectivity index (χ0v) is 12.8. The minimum Gasteiger partial charge on any atom is -0.0917 e. The van der Waals surface area contributed by atoms with Crippen molar-refractivity contribution >= 4 is 0 Å². The fourth-order valence-electron chi connectivity index (χ4n) is 2.21. The first kappa shape index (κ1) is 17.5. The van der Waals surface area contributed by atoms with Crippen molar-refractivity contribution in [1.82, 2.24) is 0 Å². The van der Waals surface area contributed by atoms with E-state index in [1.165, 1.54) is 77.0 Å². The molecule has 0 aromatic heterocycles. The smallest absolute Gasteiger partial charge is 0.0351 e. The Kier molecular flexibility index (Phi) is 16.0. The van der Waals surface area contributed by atoms with E-state index in [4.69, 9.17) is 0 Å². The normalized spacial score (nSPS) is 11.9. The zero-order chi connectivity index (χ0) is 13.3. The second-order valence-electron chi connectivity index (χ2n) is 5.21. The highest BCUT2D eigenvalue weighted by molar-refractivity contribution is 4.79. The van der Waals surface area contributed by atoms with E-state index < -0.39 is 0 Å². The Balaban J connectivity index is 2.96. The maximum Gasteiger partial charge on any atom is -0.0351 e. The van der Waals surface area contributed by atoms with Crippen LogP contribution in [-0.4, -0.2) is 0 Å². The van der Waals surface area contributed by atoms with Crippen LogP contribution in [0.5, 0.6) is 0 Å². The van der Waals surface area contributed by atoms with Crippen LogP contribution < -0.4 is 0 Å². The lowest BCUT2D eigenvalue weighted by Crippen LogP contribution is -1.81. The summed E-state index contributed by atoms with van der Waals surface area (Å²) in [5.74, 6) is 0. The van der Waals surface area contributed by atoms with Crippen molar-refractivity contribution < 1.29 is 0 Å². The van der Waals surface area contributed by atoms with E-state index in [1.54, 1.807) is 0 Å². The fraction of sp³-hybridized carbons (Fsp3) is 0.778. The van der Waals surface area contributed by atoms with Crippen molar-refractivity contribution in [2.45, 2.75) is 90.9 Å². The molecule has 0 amide bonds. The number of allylic oxidation sites excluding steroid dienone is 4. The van der Waals surface area contributed by atoms with Crippen LogP contribution in [0.15, 0.2) is 24.3 Å². The predicted molar refractivity (Wildman–Crippen MR) is 85.0 cm³/mol. The average Bonchev–Trinajstić information content (AvgIpc) is 2.39. The molecule has 0 saturated heterocycles. The van der Waals surface area contributed by atoms with Gasteiger partial charge in [0, 0.05) is 0 Å². The van der Waals surface area contributed by atoms with Gasteiger partial charge in [-0.05, 0) is 39.0 Å². The lowest BCUT2D eigenvalue weighted by Gasteiger charge is -2.01. The summed E-state index contributed by atoms with van der Waals surface area (Å²) >= 11 is 0. The number of hydrogen-bond acceptors (Lipinski definition) is 0. The van der Waals surface area contributed by atoms with E-state index in [-0.39, 0.29) is 0 Å². The molecule has 0 aliphatic carbocycles. The van der Waals surface area contributed by atoms with Crippen LogP contribution in [0, 0.1) is 0 Å². The summed E-state index contributed by atoms with van der Waals surface area (Å²) in [6.45, 7) is 4.31. The first-order chi connectivity index (χ1) is 8.91. The summed E-state index contributed by atoms with van der Waals surface area (Å²) in [4.78, 5) is 0. The van der Waals surface area contributed by atoms with Gasteiger partial charge >= 0.3 is 0 Å². The van der Waals surface area contributed by atoms with Crippen molar-refractivity contribution in [1.29, 1.82) is 0 Å². The van der Waals surface area contributed by atoms with E-state index in [0.717, 1.165) is 0 Å². The van der Waals surface area contributed by atoms with Gasteiger partial charge < -0.3 is 0 Å². The lowest BCUT2D eigenvalue weighted by molar-refractivity contribution is 0.561. The van der Waals surface area contributed by atoms with E-state index in [0.29, 0.717) is 0 Å². The molecule has 0 N–H and O–H groups in total. The molecule has 0 unspecified atom stereocenters.